The number of hydrogen-bond donors (Lipinski definition) is 1. The summed E-state index contributed by atoms with van der Waals surface area (Å²) >= 11 is 0. The lowest BCUT2D eigenvalue weighted by Crippen LogP contribution is -2.53. The number of piperazine rings is 1. The predicted molar refractivity (Wildman–Crippen MR) is 109 cm³/mol. The Morgan fingerprint density at radius 2 is 1.96 bits per heavy atom. The standard InChI is InChI=1S/C21H32F2N4O/c1-3-24-20(25-16-21(7-4-8-21)9-14-28-2)27-12-10-26(11-13-27)19-15-17(22)5-6-18(19)23/h5-6,15H,3-4,7-14,16H2,1-2H3,(H,24,25). The molecule has 3 rings (SSSR count). The van der Waals surface area contributed by atoms with Crippen molar-refractivity contribution in [1.29, 1.82) is 0 Å². The Bertz CT molecular complexity index is 670. The Kier molecular flexibility index (Phi) is 7.10. The third-order valence-electron chi connectivity index (χ3n) is 5.98. The summed E-state index contributed by atoms with van der Waals surface area (Å²) in [7, 11) is 1.75. The van der Waals surface area contributed by atoms with Crippen LogP contribution in [0.1, 0.15) is 32.6 Å². The molecule has 1 saturated carbocycles. The number of benzene rings is 1. The Balaban J connectivity index is 1.62. The molecule has 0 spiro atoms. The second-order valence-corrected chi connectivity index (χ2v) is 7.84. The summed E-state index contributed by atoms with van der Waals surface area (Å²) in [6.45, 7) is 7.21. The maximum Gasteiger partial charge on any atom is 0.194 e. The van der Waals surface area contributed by atoms with Crippen molar-refractivity contribution in [2.75, 3.05) is 57.9 Å². The van der Waals surface area contributed by atoms with Crippen LogP contribution in [0.5, 0.6) is 0 Å². The minimum absolute atomic E-state index is 0.281. The molecule has 28 heavy (non-hydrogen) atoms. The van der Waals surface area contributed by atoms with E-state index in [9.17, 15) is 8.78 Å². The van der Waals surface area contributed by atoms with Crippen LogP contribution in [0.3, 0.4) is 0 Å². The van der Waals surface area contributed by atoms with Crippen LogP contribution in [0.4, 0.5) is 14.5 Å². The Labute approximate surface area is 166 Å². The quantitative estimate of drug-likeness (QED) is 0.569. The number of nitrogens with one attached hydrogen (secondary N) is 1. The summed E-state index contributed by atoms with van der Waals surface area (Å²) in [6, 6.07) is 3.63. The highest BCUT2D eigenvalue weighted by molar-refractivity contribution is 5.80. The first-order valence-corrected chi connectivity index (χ1v) is 10.3. The van der Waals surface area contributed by atoms with Crippen LogP contribution in [0.25, 0.3) is 0 Å². The van der Waals surface area contributed by atoms with E-state index in [1.165, 1.54) is 31.4 Å². The molecule has 0 radical (unpaired) electrons. The van der Waals surface area contributed by atoms with E-state index in [4.69, 9.17) is 9.73 Å². The molecule has 1 aliphatic carbocycles. The normalized spacial score (nSPS) is 19.5. The van der Waals surface area contributed by atoms with Gasteiger partial charge in [-0.05, 0) is 43.7 Å². The summed E-state index contributed by atoms with van der Waals surface area (Å²) in [5.41, 5.74) is 0.623. The van der Waals surface area contributed by atoms with Crippen LogP contribution >= 0.6 is 0 Å². The van der Waals surface area contributed by atoms with Crippen LogP contribution < -0.4 is 10.2 Å². The number of aliphatic imine (C=N–C) groups is 1. The van der Waals surface area contributed by atoms with Gasteiger partial charge in [0.15, 0.2) is 5.96 Å². The third kappa shape index (κ3) is 4.93. The molecule has 2 aliphatic rings. The molecule has 1 aromatic carbocycles. The minimum atomic E-state index is -0.407. The second-order valence-electron chi connectivity index (χ2n) is 7.84. The van der Waals surface area contributed by atoms with Gasteiger partial charge < -0.3 is 19.9 Å². The van der Waals surface area contributed by atoms with Gasteiger partial charge in [0, 0.05) is 59.1 Å². The average molecular weight is 395 g/mol. The van der Waals surface area contributed by atoms with Crippen molar-refractivity contribution in [2.45, 2.75) is 32.6 Å². The molecular formula is C21H32F2N4O. The first-order valence-electron chi connectivity index (χ1n) is 10.3. The van der Waals surface area contributed by atoms with Crippen molar-refractivity contribution in [3.8, 4) is 0 Å². The summed E-state index contributed by atoms with van der Waals surface area (Å²) in [6.07, 6.45) is 4.75. The smallest absolute Gasteiger partial charge is 0.194 e. The lowest BCUT2D eigenvalue weighted by molar-refractivity contribution is 0.0776. The zero-order valence-electron chi connectivity index (χ0n) is 17.0. The monoisotopic (exact) mass is 394 g/mol. The maximum atomic E-state index is 14.1. The Morgan fingerprint density at radius 3 is 2.57 bits per heavy atom. The molecule has 156 valence electrons. The number of anilines is 1. The third-order valence-corrected chi connectivity index (χ3v) is 5.98. The van der Waals surface area contributed by atoms with Crippen molar-refractivity contribution >= 4 is 11.6 Å². The van der Waals surface area contributed by atoms with Gasteiger partial charge in [-0.1, -0.05) is 6.42 Å². The molecule has 0 unspecified atom stereocenters. The van der Waals surface area contributed by atoms with E-state index in [2.05, 4.69) is 17.1 Å². The molecule has 1 aliphatic heterocycles. The van der Waals surface area contributed by atoms with Crippen LogP contribution in [0, 0.1) is 17.0 Å². The first-order chi connectivity index (χ1) is 13.6. The van der Waals surface area contributed by atoms with E-state index in [-0.39, 0.29) is 11.2 Å². The van der Waals surface area contributed by atoms with Crippen molar-refractivity contribution in [3.63, 3.8) is 0 Å². The van der Waals surface area contributed by atoms with Gasteiger partial charge in [0.1, 0.15) is 11.6 Å². The number of nitrogens with zero attached hydrogens (tertiary/aromatic N) is 3. The molecule has 0 bridgehead atoms. The summed E-state index contributed by atoms with van der Waals surface area (Å²) < 4.78 is 32.8. The van der Waals surface area contributed by atoms with Gasteiger partial charge in [-0.25, -0.2) is 8.78 Å². The van der Waals surface area contributed by atoms with Crippen LogP contribution in [0.15, 0.2) is 23.2 Å². The number of ether oxygens (including phenoxy) is 1. The van der Waals surface area contributed by atoms with Gasteiger partial charge in [0.25, 0.3) is 0 Å². The molecule has 1 N–H and O–H groups in total. The molecule has 0 aromatic heterocycles. The van der Waals surface area contributed by atoms with Gasteiger partial charge >= 0.3 is 0 Å². The molecule has 1 heterocycles. The van der Waals surface area contributed by atoms with Crippen molar-refractivity contribution in [3.05, 3.63) is 29.8 Å². The van der Waals surface area contributed by atoms with Gasteiger partial charge in [0.2, 0.25) is 0 Å². The van der Waals surface area contributed by atoms with E-state index in [1.54, 1.807) is 7.11 Å². The van der Waals surface area contributed by atoms with Gasteiger partial charge in [-0.2, -0.15) is 0 Å². The zero-order valence-corrected chi connectivity index (χ0v) is 17.0. The van der Waals surface area contributed by atoms with E-state index in [1.807, 2.05) is 4.90 Å². The van der Waals surface area contributed by atoms with Gasteiger partial charge in [0.05, 0.1) is 5.69 Å². The Hall–Kier alpha value is -1.89. The summed E-state index contributed by atoms with van der Waals surface area (Å²) in [5.74, 6) is 0.140. The fourth-order valence-electron chi connectivity index (χ4n) is 4.04. The summed E-state index contributed by atoms with van der Waals surface area (Å²) in [5, 5.41) is 3.40. The lowest BCUT2D eigenvalue weighted by Gasteiger charge is -2.42. The first kappa shape index (κ1) is 20.8. The molecule has 0 amide bonds. The molecule has 5 nitrogen and oxygen atoms in total. The number of halogens is 2. The number of hydrogen-bond acceptors (Lipinski definition) is 3. The maximum absolute atomic E-state index is 14.1. The van der Waals surface area contributed by atoms with E-state index in [0.717, 1.165) is 51.2 Å². The summed E-state index contributed by atoms with van der Waals surface area (Å²) in [4.78, 5) is 9.07. The lowest BCUT2D eigenvalue weighted by atomic mass is 9.67. The predicted octanol–water partition coefficient (Wildman–Crippen LogP) is 3.26. The fraction of sp³-hybridized carbons (Fsp3) is 0.667. The van der Waals surface area contributed by atoms with E-state index >= 15 is 0 Å². The largest absolute Gasteiger partial charge is 0.385 e. The highest BCUT2D eigenvalue weighted by Gasteiger charge is 2.36. The minimum Gasteiger partial charge on any atom is -0.385 e. The number of methoxy groups -OCH3 is 1. The molecule has 1 saturated heterocycles. The van der Waals surface area contributed by atoms with Crippen molar-refractivity contribution in [1.82, 2.24) is 10.2 Å². The zero-order chi connectivity index (χ0) is 20.0. The van der Waals surface area contributed by atoms with Crippen LogP contribution in [0.2, 0.25) is 0 Å². The van der Waals surface area contributed by atoms with E-state index < -0.39 is 5.82 Å². The number of rotatable bonds is 7. The van der Waals surface area contributed by atoms with Crippen LogP contribution in [-0.2, 0) is 4.74 Å². The van der Waals surface area contributed by atoms with Gasteiger partial charge in [-0.15, -0.1) is 0 Å². The second kappa shape index (κ2) is 9.54. The molecule has 2 fully saturated rings. The SMILES string of the molecule is CCNC(=NCC1(CCOC)CCC1)N1CCN(c2cc(F)ccc2F)CC1. The molecular weight excluding hydrogens is 362 g/mol. The van der Waals surface area contributed by atoms with Gasteiger partial charge in [-0.3, -0.25) is 4.99 Å². The number of guanidine groups is 1. The topological polar surface area (TPSA) is 40.1 Å². The van der Waals surface area contributed by atoms with Crippen LogP contribution in [-0.4, -0.2) is 63.8 Å². The highest BCUT2D eigenvalue weighted by Crippen LogP contribution is 2.44. The van der Waals surface area contributed by atoms with Crippen molar-refractivity contribution < 1.29 is 13.5 Å². The van der Waals surface area contributed by atoms with Crippen molar-refractivity contribution in [2.24, 2.45) is 10.4 Å². The average Bonchev–Trinajstić information content (AvgIpc) is 2.68. The highest BCUT2D eigenvalue weighted by atomic mass is 19.1. The molecule has 7 heteroatoms. The fourth-order valence-corrected chi connectivity index (χ4v) is 4.04. The Morgan fingerprint density at radius 1 is 1.21 bits per heavy atom. The van der Waals surface area contributed by atoms with E-state index in [0.29, 0.717) is 18.8 Å². The molecule has 0 atom stereocenters. The molecule has 1 aromatic rings.